The van der Waals surface area contributed by atoms with Gasteiger partial charge in [0.05, 0.1) is 7.11 Å². The van der Waals surface area contributed by atoms with Crippen LogP contribution >= 0.6 is 12.4 Å². The number of benzene rings is 1. The highest BCUT2D eigenvalue weighted by molar-refractivity contribution is 5.92. The van der Waals surface area contributed by atoms with Crippen molar-refractivity contribution >= 4 is 18.3 Å². The zero-order valence-electron chi connectivity index (χ0n) is 14.2. The number of ether oxygens (including phenoxy) is 1. The molecule has 1 aromatic carbocycles. The number of nitrogens with one attached hydrogen (secondary N) is 1. The SMILES string of the molecule is COc1ccc(C)cc1-n1ccc(C(=O)N2CCNCC2C)n1.Cl. The summed E-state index contributed by atoms with van der Waals surface area (Å²) in [4.78, 5) is 14.5. The molecule has 3 rings (SSSR count). The Balaban J connectivity index is 0.00000208. The van der Waals surface area contributed by atoms with Crippen LogP contribution in [0.2, 0.25) is 0 Å². The first-order valence-corrected chi connectivity index (χ1v) is 7.82. The molecule has 6 nitrogen and oxygen atoms in total. The Morgan fingerprint density at radius 3 is 2.88 bits per heavy atom. The third-order valence-electron chi connectivity index (χ3n) is 4.15. The molecule has 1 saturated heterocycles. The van der Waals surface area contributed by atoms with Gasteiger partial charge in [-0.05, 0) is 37.6 Å². The molecule has 1 aliphatic rings. The monoisotopic (exact) mass is 350 g/mol. The van der Waals surface area contributed by atoms with E-state index in [1.165, 1.54) is 0 Å². The van der Waals surface area contributed by atoms with E-state index >= 15 is 0 Å². The molecule has 0 saturated carbocycles. The Labute approximate surface area is 148 Å². The van der Waals surface area contributed by atoms with Gasteiger partial charge in [-0.2, -0.15) is 5.10 Å². The normalized spacial score (nSPS) is 17.3. The molecule has 130 valence electrons. The van der Waals surface area contributed by atoms with Crippen molar-refractivity contribution < 1.29 is 9.53 Å². The van der Waals surface area contributed by atoms with E-state index in [4.69, 9.17) is 4.74 Å². The van der Waals surface area contributed by atoms with E-state index in [2.05, 4.69) is 10.4 Å². The molecule has 0 bridgehead atoms. The maximum atomic E-state index is 12.7. The van der Waals surface area contributed by atoms with Crippen LogP contribution in [-0.2, 0) is 0 Å². The summed E-state index contributed by atoms with van der Waals surface area (Å²) >= 11 is 0. The number of aromatic nitrogens is 2. The fourth-order valence-corrected chi connectivity index (χ4v) is 2.84. The fourth-order valence-electron chi connectivity index (χ4n) is 2.84. The highest BCUT2D eigenvalue weighted by Gasteiger charge is 2.25. The van der Waals surface area contributed by atoms with Crippen LogP contribution in [-0.4, -0.2) is 53.4 Å². The van der Waals surface area contributed by atoms with Gasteiger partial charge in [-0.1, -0.05) is 6.07 Å². The summed E-state index contributed by atoms with van der Waals surface area (Å²) in [6.07, 6.45) is 1.80. The van der Waals surface area contributed by atoms with Crippen LogP contribution in [0.5, 0.6) is 5.75 Å². The molecule has 1 fully saturated rings. The molecular formula is C17H23ClN4O2. The highest BCUT2D eigenvalue weighted by Crippen LogP contribution is 2.23. The molecule has 1 N–H and O–H groups in total. The summed E-state index contributed by atoms with van der Waals surface area (Å²) in [5, 5.41) is 7.75. The molecule has 1 unspecified atom stereocenters. The highest BCUT2D eigenvalue weighted by atomic mass is 35.5. The molecule has 0 radical (unpaired) electrons. The van der Waals surface area contributed by atoms with Crippen LogP contribution < -0.4 is 10.1 Å². The van der Waals surface area contributed by atoms with E-state index in [-0.39, 0.29) is 24.4 Å². The van der Waals surface area contributed by atoms with Crippen molar-refractivity contribution in [3.63, 3.8) is 0 Å². The van der Waals surface area contributed by atoms with Gasteiger partial charge < -0.3 is 15.0 Å². The fraction of sp³-hybridized carbons (Fsp3) is 0.412. The van der Waals surface area contributed by atoms with E-state index < -0.39 is 0 Å². The Kier molecular flexibility index (Phi) is 5.85. The average Bonchev–Trinajstić information content (AvgIpc) is 3.04. The first kappa shape index (κ1) is 18.3. The van der Waals surface area contributed by atoms with E-state index in [1.807, 2.05) is 36.9 Å². The third kappa shape index (κ3) is 3.55. The predicted octanol–water partition coefficient (Wildman–Crippen LogP) is 2.05. The lowest BCUT2D eigenvalue weighted by atomic mass is 10.2. The summed E-state index contributed by atoms with van der Waals surface area (Å²) in [6, 6.07) is 7.83. The quantitative estimate of drug-likeness (QED) is 0.920. The number of rotatable bonds is 3. The van der Waals surface area contributed by atoms with Gasteiger partial charge >= 0.3 is 0 Å². The summed E-state index contributed by atoms with van der Waals surface area (Å²) in [7, 11) is 1.63. The van der Waals surface area contributed by atoms with Crippen molar-refractivity contribution in [2.45, 2.75) is 19.9 Å². The molecule has 1 amide bonds. The van der Waals surface area contributed by atoms with E-state index in [1.54, 1.807) is 24.1 Å². The number of methoxy groups -OCH3 is 1. The minimum atomic E-state index is -0.0237. The minimum Gasteiger partial charge on any atom is -0.494 e. The number of hydrogen-bond acceptors (Lipinski definition) is 4. The van der Waals surface area contributed by atoms with Crippen molar-refractivity contribution in [1.82, 2.24) is 20.0 Å². The van der Waals surface area contributed by atoms with Gasteiger partial charge in [0.2, 0.25) is 0 Å². The lowest BCUT2D eigenvalue weighted by Gasteiger charge is -2.33. The second-order valence-corrected chi connectivity index (χ2v) is 5.87. The largest absolute Gasteiger partial charge is 0.494 e. The molecule has 1 aliphatic heterocycles. The number of hydrogen-bond donors (Lipinski definition) is 1. The summed E-state index contributed by atoms with van der Waals surface area (Å²) < 4.78 is 7.09. The maximum Gasteiger partial charge on any atom is 0.274 e. The van der Waals surface area contributed by atoms with Crippen LogP contribution in [0.4, 0.5) is 0 Å². The van der Waals surface area contributed by atoms with E-state index in [9.17, 15) is 4.79 Å². The Morgan fingerprint density at radius 1 is 1.38 bits per heavy atom. The van der Waals surface area contributed by atoms with Crippen molar-refractivity contribution in [2.75, 3.05) is 26.7 Å². The van der Waals surface area contributed by atoms with Crippen LogP contribution in [0, 0.1) is 6.92 Å². The van der Waals surface area contributed by atoms with Crippen molar-refractivity contribution in [2.24, 2.45) is 0 Å². The molecule has 2 aromatic rings. The molecule has 2 heterocycles. The van der Waals surface area contributed by atoms with Crippen molar-refractivity contribution in [3.05, 3.63) is 41.7 Å². The second kappa shape index (κ2) is 7.68. The van der Waals surface area contributed by atoms with Gasteiger partial charge in [0.25, 0.3) is 5.91 Å². The topological polar surface area (TPSA) is 59.4 Å². The number of carbonyl (C=O) groups is 1. The second-order valence-electron chi connectivity index (χ2n) is 5.87. The lowest BCUT2D eigenvalue weighted by molar-refractivity contribution is 0.0649. The average molecular weight is 351 g/mol. The smallest absolute Gasteiger partial charge is 0.274 e. The third-order valence-corrected chi connectivity index (χ3v) is 4.15. The predicted molar refractivity (Wildman–Crippen MR) is 95.5 cm³/mol. The zero-order valence-corrected chi connectivity index (χ0v) is 15.0. The van der Waals surface area contributed by atoms with E-state index in [0.29, 0.717) is 12.2 Å². The van der Waals surface area contributed by atoms with Crippen LogP contribution in [0.3, 0.4) is 0 Å². The molecule has 24 heavy (non-hydrogen) atoms. The number of amides is 1. The Hall–Kier alpha value is -2.05. The first-order valence-electron chi connectivity index (χ1n) is 7.82. The van der Waals surface area contributed by atoms with Gasteiger partial charge in [-0.15, -0.1) is 12.4 Å². The van der Waals surface area contributed by atoms with Crippen molar-refractivity contribution in [3.8, 4) is 11.4 Å². The van der Waals surface area contributed by atoms with Crippen molar-refractivity contribution in [1.29, 1.82) is 0 Å². The van der Waals surface area contributed by atoms with Gasteiger partial charge in [0.15, 0.2) is 5.69 Å². The number of nitrogens with zero attached hydrogens (tertiary/aromatic N) is 3. The van der Waals surface area contributed by atoms with E-state index in [0.717, 1.165) is 30.1 Å². The Morgan fingerprint density at radius 2 is 2.17 bits per heavy atom. The van der Waals surface area contributed by atoms with Crippen LogP contribution in [0.25, 0.3) is 5.69 Å². The molecule has 7 heteroatoms. The molecule has 1 atom stereocenters. The molecule has 1 aromatic heterocycles. The van der Waals surface area contributed by atoms with Gasteiger partial charge in [0, 0.05) is 31.9 Å². The molecule has 0 aliphatic carbocycles. The number of carbonyl (C=O) groups excluding carboxylic acids is 1. The minimum absolute atomic E-state index is 0. The van der Waals surface area contributed by atoms with Crippen LogP contribution in [0.1, 0.15) is 23.0 Å². The summed E-state index contributed by atoms with van der Waals surface area (Å²) in [5.74, 6) is 0.706. The summed E-state index contributed by atoms with van der Waals surface area (Å²) in [5.41, 5.74) is 2.40. The lowest BCUT2D eigenvalue weighted by Crippen LogP contribution is -2.52. The summed E-state index contributed by atoms with van der Waals surface area (Å²) in [6.45, 7) is 6.41. The maximum absolute atomic E-state index is 12.7. The van der Waals surface area contributed by atoms with Gasteiger partial charge in [-0.25, -0.2) is 4.68 Å². The van der Waals surface area contributed by atoms with Gasteiger partial charge in [0.1, 0.15) is 11.4 Å². The van der Waals surface area contributed by atoms with Gasteiger partial charge in [-0.3, -0.25) is 4.79 Å². The molecule has 0 spiro atoms. The molecular weight excluding hydrogens is 328 g/mol. The van der Waals surface area contributed by atoms with Crippen LogP contribution in [0.15, 0.2) is 30.5 Å². The first-order chi connectivity index (χ1) is 11.1. The number of halogens is 1. The zero-order chi connectivity index (χ0) is 16.4. The Bertz CT molecular complexity index is 716. The number of piperazine rings is 1. The number of aryl methyl sites for hydroxylation is 1. The standard InChI is InChI=1S/C17H22N4O2.ClH/c1-12-4-5-16(23-3)15(10-12)21-8-6-14(19-21)17(22)20-9-7-18-11-13(20)2;/h4-6,8,10,13,18H,7,9,11H2,1-3H3;1H.